The first-order valence-corrected chi connectivity index (χ1v) is 8.42. The minimum absolute atomic E-state index is 0.0965. The SMILES string of the molecule is CCOc1cccc(CN(CCO)Cc2ccc(-c3ccn[nH]3)o2)c1. The Labute approximate surface area is 147 Å². The van der Waals surface area contributed by atoms with Crippen molar-refractivity contribution in [2.45, 2.75) is 20.0 Å². The van der Waals surface area contributed by atoms with E-state index in [0.717, 1.165) is 28.5 Å². The van der Waals surface area contributed by atoms with Crippen molar-refractivity contribution in [3.8, 4) is 17.2 Å². The second kappa shape index (κ2) is 8.50. The third-order valence-corrected chi connectivity index (χ3v) is 3.84. The highest BCUT2D eigenvalue weighted by Gasteiger charge is 2.12. The Balaban J connectivity index is 1.68. The molecule has 25 heavy (non-hydrogen) atoms. The largest absolute Gasteiger partial charge is 0.494 e. The van der Waals surface area contributed by atoms with Gasteiger partial charge in [0.05, 0.1) is 19.8 Å². The van der Waals surface area contributed by atoms with Gasteiger partial charge in [0.25, 0.3) is 0 Å². The smallest absolute Gasteiger partial charge is 0.152 e. The number of aromatic nitrogens is 2. The van der Waals surface area contributed by atoms with E-state index in [-0.39, 0.29) is 6.61 Å². The second-order valence-electron chi connectivity index (χ2n) is 5.75. The number of nitrogens with one attached hydrogen (secondary N) is 1. The number of benzene rings is 1. The van der Waals surface area contributed by atoms with Crippen LogP contribution in [0, 0.1) is 0 Å². The molecule has 6 nitrogen and oxygen atoms in total. The van der Waals surface area contributed by atoms with Crippen LogP contribution < -0.4 is 4.74 Å². The van der Waals surface area contributed by atoms with E-state index >= 15 is 0 Å². The number of aliphatic hydroxyl groups is 1. The molecule has 0 aliphatic carbocycles. The van der Waals surface area contributed by atoms with Gasteiger partial charge in [-0.2, -0.15) is 5.10 Å². The molecule has 3 aromatic rings. The molecule has 0 aliphatic heterocycles. The molecule has 0 saturated heterocycles. The highest BCUT2D eigenvalue weighted by molar-refractivity contribution is 5.51. The van der Waals surface area contributed by atoms with Gasteiger partial charge in [0.1, 0.15) is 17.2 Å². The van der Waals surface area contributed by atoms with Gasteiger partial charge >= 0.3 is 0 Å². The summed E-state index contributed by atoms with van der Waals surface area (Å²) >= 11 is 0. The van der Waals surface area contributed by atoms with Crippen molar-refractivity contribution >= 4 is 0 Å². The summed E-state index contributed by atoms with van der Waals surface area (Å²) in [6.07, 6.45) is 1.70. The first-order valence-electron chi connectivity index (χ1n) is 8.42. The topological polar surface area (TPSA) is 74.5 Å². The number of aromatic amines is 1. The van der Waals surface area contributed by atoms with Gasteiger partial charge in [-0.25, -0.2) is 0 Å². The Morgan fingerprint density at radius 1 is 1.20 bits per heavy atom. The van der Waals surface area contributed by atoms with E-state index < -0.39 is 0 Å². The number of rotatable bonds is 9. The number of furan rings is 1. The van der Waals surface area contributed by atoms with Crippen molar-refractivity contribution in [2.75, 3.05) is 19.8 Å². The van der Waals surface area contributed by atoms with Crippen LogP contribution in [0.25, 0.3) is 11.5 Å². The molecule has 0 spiro atoms. The highest BCUT2D eigenvalue weighted by Crippen LogP contribution is 2.21. The molecule has 0 saturated carbocycles. The first kappa shape index (κ1) is 17.3. The fraction of sp³-hybridized carbons (Fsp3) is 0.316. The van der Waals surface area contributed by atoms with E-state index in [4.69, 9.17) is 9.15 Å². The molecule has 0 unspecified atom stereocenters. The highest BCUT2D eigenvalue weighted by atomic mass is 16.5. The van der Waals surface area contributed by atoms with Gasteiger partial charge in [-0.05, 0) is 42.8 Å². The zero-order valence-electron chi connectivity index (χ0n) is 14.3. The molecule has 0 bridgehead atoms. The Morgan fingerprint density at radius 2 is 2.12 bits per heavy atom. The minimum Gasteiger partial charge on any atom is -0.494 e. The van der Waals surface area contributed by atoms with Crippen LogP contribution in [-0.4, -0.2) is 40.0 Å². The zero-order valence-corrected chi connectivity index (χ0v) is 14.3. The lowest BCUT2D eigenvalue weighted by Gasteiger charge is -2.20. The van der Waals surface area contributed by atoms with E-state index in [1.165, 1.54) is 0 Å². The average molecular weight is 341 g/mol. The number of nitrogens with zero attached hydrogens (tertiary/aromatic N) is 2. The van der Waals surface area contributed by atoms with Crippen LogP contribution >= 0.6 is 0 Å². The van der Waals surface area contributed by atoms with Crippen LogP contribution in [0.2, 0.25) is 0 Å². The molecule has 6 heteroatoms. The Bertz CT molecular complexity index is 768. The predicted molar refractivity (Wildman–Crippen MR) is 95.1 cm³/mol. The average Bonchev–Trinajstić information content (AvgIpc) is 3.27. The maximum atomic E-state index is 9.38. The van der Waals surface area contributed by atoms with Crippen LogP contribution in [0.5, 0.6) is 5.75 Å². The summed E-state index contributed by atoms with van der Waals surface area (Å²) in [5, 5.41) is 16.2. The van der Waals surface area contributed by atoms with Crippen LogP contribution in [0.1, 0.15) is 18.2 Å². The van der Waals surface area contributed by atoms with Crippen LogP contribution in [0.15, 0.2) is 53.1 Å². The summed E-state index contributed by atoms with van der Waals surface area (Å²) < 4.78 is 11.4. The summed E-state index contributed by atoms with van der Waals surface area (Å²) in [6, 6.07) is 13.8. The Hall–Kier alpha value is -2.57. The van der Waals surface area contributed by atoms with E-state index in [9.17, 15) is 5.11 Å². The number of aliphatic hydroxyl groups excluding tert-OH is 1. The molecule has 2 heterocycles. The zero-order chi connectivity index (χ0) is 17.5. The normalized spacial score (nSPS) is 11.2. The lowest BCUT2D eigenvalue weighted by molar-refractivity contribution is 0.175. The quantitative estimate of drug-likeness (QED) is 0.626. The van der Waals surface area contributed by atoms with Crippen LogP contribution in [0.4, 0.5) is 0 Å². The van der Waals surface area contributed by atoms with Crippen molar-refractivity contribution in [1.29, 1.82) is 0 Å². The van der Waals surface area contributed by atoms with Gasteiger partial charge in [0.15, 0.2) is 5.76 Å². The number of hydrogen-bond acceptors (Lipinski definition) is 5. The van der Waals surface area contributed by atoms with Crippen molar-refractivity contribution in [1.82, 2.24) is 15.1 Å². The molecular weight excluding hydrogens is 318 g/mol. The van der Waals surface area contributed by atoms with E-state index in [2.05, 4.69) is 21.2 Å². The maximum absolute atomic E-state index is 9.38. The lowest BCUT2D eigenvalue weighted by Crippen LogP contribution is -2.25. The van der Waals surface area contributed by atoms with Crippen molar-refractivity contribution in [3.05, 3.63) is 60.0 Å². The standard InChI is InChI=1S/C19H23N3O3/c1-2-24-16-5-3-4-15(12-16)13-22(10-11-23)14-17-6-7-19(25-17)18-8-9-20-21-18/h3-9,12,23H,2,10-11,13-14H2,1H3,(H,20,21). The summed E-state index contributed by atoms with van der Waals surface area (Å²) in [5.74, 6) is 2.47. The summed E-state index contributed by atoms with van der Waals surface area (Å²) in [7, 11) is 0. The third-order valence-electron chi connectivity index (χ3n) is 3.84. The molecule has 2 N–H and O–H groups in total. The molecule has 0 amide bonds. The fourth-order valence-corrected chi connectivity index (χ4v) is 2.74. The van der Waals surface area contributed by atoms with E-state index in [1.54, 1.807) is 6.20 Å². The monoisotopic (exact) mass is 341 g/mol. The first-order chi connectivity index (χ1) is 12.3. The number of hydrogen-bond donors (Lipinski definition) is 2. The Morgan fingerprint density at radius 3 is 2.88 bits per heavy atom. The minimum atomic E-state index is 0.0965. The third kappa shape index (κ3) is 4.71. The molecule has 0 atom stereocenters. The van der Waals surface area contributed by atoms with Gasteiger partial charge in [-0.15, -0.1) is 0 Å². The summed E-state index contributed by atoms with van der Waals surface area (Å²) in [6.45, 7) is 4.61. The summed E-state index contributed by atoms with van der Waals surface area (Å²) in [4.78, 5) is 2.14. The summed E-state index contributed by atoms with van der Waals surface area (Å²) in [5.41, 5.74) is 1.99. The van der Waals surface area contributed by atoms with E-state index in [1.807, 2.05) is 43.3 Å². The van der Waals surface area contributed by atoms with Crippen LogP contribution in [0.3, 0.4) is 0 Å². The molecule has 2 aromatic heterocycles. The molecule has 0 fully saturated rings. The van der Waals surface area contributed by atoms with Crippen molar-refractivity contribution < 1.29 is 14.3 Å². The second-order valence-corrected chi connectivity index (χ2v) is 5.75. The molecule has 132 valence electrons. The maximum Gasteiger partial charge on any atom is 0.152 e. The fourth-order valence-electron chi connectivity index (χ4n) is 2.74. The van der Waals surface area contributed by atoms with Gasteiger partial charge in [-0.3, -0.25) is 10.00 Å². The van der Waals surface area contributed by atoms with Crippen molar-refractivity contribution in [2.24, 2.45) is 0 Å². The molecular formula is C19H23N3O3. The number of H-pyrrole nitrogens is 1. The molecule has 0 aliphatic rings. The van der Waals surface area contributed by atoms with Gasteiger partial charge < -0.3 is 14.3 Å². The van der Waals surface area contributed by atoms with Crippen LogP contribution in [-0.2, 0) is 13.1 Å². The van der Waals surface area contributed by atoms with Gasteiger partial charge in [-0.1, -0.05) is 12.1 Å². The van der Waals surface area contributed by atoms with Crippen molar-refractivity contribution in [3.63, 3.8) is 0 Å². The van der Waals surface area contributed by atoms with Gasteiger partial charge in [0.2, 0.25) is 0 Å². The van der Waals surface area contributed by atoms with E-state index in [0.29, 0.717) is 26.2 Å². The number of ether oxygens (including phenoxy) is 1. The molecule has 0 radical (unpaired) electrons. The predicted octanol–water partition coefficient (Wildman–Crippen LogP) is 3.06. The van der Waals surface area contributed by atoms with Gasteiger partial charge in [0, 0.05) is 19.3 Å². The molecule has 1 aromatic carbocycles. The Kier molecular flexibility index (Phi) is 5.87. The lowest BCUT2D eigenvalue weighted by atomic mass is 10.2. The molecule has 3 rings (SSSR count).